The Hall–Kier alpha value is -1.44. The molecule has 0 aliphatic carbocycles. The van der Waals surface area contributed by atoms with Crippen molar-refractivity contribution in [1.29, 1.82) is 0 Å². The number of carbonyl (C=O) groups is 3. The zero-order chi connectivity index (χ0) is 22.2. The Bertz CT molecular complexity index is 624. The van der Waals surface area contributed by atoms with Gasteiger partial charge in [0.15, 0.2) is 0 Å². The van der Waals surface area contributed by atoms with Crippen molar-refractivity contribution in [2.45, 2.75) is 92.4 Å². The molecule has 2 saturated heterocycles. The number of nitrogens with one attached hydrogen (secondary N) is 2. The fraction of sp³-hybridized carbons (Fsp3) is 0.842. The van der Waals surface area contributed by atoms with Crippen LogP contribution in [0.15, 0.2) is 0 Å². The Kier molecular flexibility index (Phi) is 6.87. The zero-order valence-corrected chi connectivity index (χ0v) is 19.6. The van der Waals surface area contributed by atoms with Crippen molar-refractivity contribution in [2.24, 2.45) is 11.8 Å². The molecule has 2 N–H and O–H groups in total. The molecule has 0 bridgehead atoms. The van der Waals surface area contributed by atoms with Gasteiger partial charge in [0, 0.05) is 0 Å². The number of rotatable bonds is 7. The molecule has 2 fully saturated rings. The van der Waals surface area contributed by atoms with E-state index in [9.17, 15) is 14.4 Å². The Morgan fingerprint density at radius 1 is 0.931 bits per heavy atom. The molecule has 168 valence electrons. The van der Waals surface area contributed by atoms with E-state index < -0.39 is 37.7 Å². The monoisotopic (exact) mass is 433 g/mol. The first kappa shape index (κ1) is 23.8. The van der Waals surface area contributed by atoms with E-state index >= 15 is 0 Å². The van der Waals surface area contributed by atoms with E-state index in [1.54, 1.807) is 0 Å². The zero-order valence-electron chi connectivity index (χ0n) is 18.7. The van der Waals surface area contributed by atoms with Gasteiger partial charge in [0.05, 0.1) is 0 Å². The molecule has 29 heavy (non-hydrogen) atoms. The van der Waals surface area contributed by atoms with E-state index in [1.165, 1.54) is 4.90 Å². The van der Waals surface area contributed by atoms with Crippen LogP contribution in [0.1, 0.15) is 68.2 Å². The molecule has 1 spiro atoms. The van der Waals surface area contributed by atoms with Crippen LogP contribution in [0.25, 0.3) is 0 Å². The second kappa shape index (κ2) is 8.36. The van der Waals surface area contributed by atoms with Gasteiger partial charge < -0.3 is 0 Å². The quantitative estimate of drug-likeness (QED) is 0.588. The topological polar surface area (TPSA) is 106 Å². The Morgan fingerprint density at radius 2 is 1.31 bits per heavy atom. The molecule has 2 rings (SSSR count). The first-order valence-electron chi connectivity index (χ1n) is 10.5. The first-order valence-corrected chi connectivity index (χ1v) is 12.5. The summed E-state index contributed by atoms with van der Waals surface area (Å²) in [6.07, 6.45) is 0.683. The normalized spacial score (nSPS) is 28.6. The van der Waals surface area contributed by atoms with Gasteiger partial charge in [-0.1, -0.05) is 0 Å². The van der Waals surface area contributed by atoms with Crippen molar-refractivity contribution in [3.63, 3.8) is 0 Å². The molecule has 0 saturated carbocycles. The van der Waals surface area contributed by atoms with Crippen LogP contribution in [-0.2, 0) is 23.2 Å². The number of carbonyl (C=O) groups excluding carboxylic acids is 3. The van der Waals surface area contributed by atoms with Crippen LogP contribution in [0.5, 0.6) is 0 Å². The summed E-state index contributed by atoms with van der Waals surface area (Å²) in [6, 6.07) is -1.80. The van der Waals surface area contributed by atoms with Gasteiger partial charge in [-0.15, -0.1) is 0 Å². The Morgan fingerprint density at radius 3 is 1.62 bits per heavy atom. The second-order valence-corrected chi connectivity index (χ2v) is 11.5. The van der Waals surface area contributed by atoms with E-state index in [-0.39, 0.29) is 23.9 Å². The van der Waals surface area contributed by atoms with E-state index in [0.29, 0.717) is 12.8 Å². The molecule has 0 radical (unpaired) electrons. The number of amides is 1. The molecule has 4 unspecified atom stereocenters. The van der Waals surface area contributed by atoms with Gasteiger partial charge in [0.25, 0.3) is 0 Å². The molecule has 0 aromatic rings. The summed E-state index contributed by atoms with van der Waals surface area (Å²) in [7, 11) is -4.74. The van der Waals surface area contributed by atoms with Gasteiger partial charge in [0.2, 0.25) is 0 Å². The van der Waals surface area contributed by atoms with Crippen LogP contribution < -0.4 is 10.2 Å². The van der Waals surface area contributed by atoms with Crippen molar-refractivity contribution in [2.75, 3.05) is 0 Å². The summed E-state index contributed by atoms with van der Waals surface area (Å²) in [4.78, 5) is 40.1. The summed E-state index contributed by atoms with van der Waals surface area (Å²) >= 11 is 0. The molecule has 9 nitrogen and oxygen atoms in total. The molecule has 2 heterocycles. The summed E-state index contributed by atoms with van der Waals surface area (Å²) in [5, 5.41) is 6.04. The van der Waals surface area contributed by atoms with Gasteiger partial charge in [-0.25, -0.2) is 0 Å². The van der Waals surface area contributed by atoms with E-state index in [1.807, 2.05) is 55.4 Å². The third-order valence-electron chi connectivity index (χ3n) is 5.74. The molecule has 2 aliphatic rings. The number of hydrogen-bond acceptors (Lipinski definition) is 8. The fourth-order valence-corrected chi connectivity index (χ4v) is 7.12. The summed E-state index contributed by atoms with van der Waals surface area (Å²) in [5.74, 6) is -1.37. The predicted molar refractivity (Wildman–Crippen MR) is 110 cm³/mol. The number of hydrogen-bond donors (Lipinski definition) is 2. The molecule has 10 heteroatoms. The molecule has 0 aromatic heterocycles. The summed E-state index contributed by atoms with van der Waals surface area (Å²) < 4.78 is 17.2. The standard InChI is InChI=1S/C19H36N3O6P/c1-9-13(7)15-17(23)26-29(20-15,21-16(14(8)10-2)18(24)27-29)28-19(25)22(11(3)4)12(5)6/h11-16,20-21H,9-10H2,1-8H3. The Balaban J connectivity index is 2.47. The van der Waals surface area contributed by atoms with Gasteiger partial charge in [0.1, 0.15) is 0 Å². The van der Waals surface area contributed by atoms with Crippen LogP contribution in [-0.4, -0.2) is 47.1 Å². The second-order valence-electron chi connectivity index (χ2n) is 8.64. The predicted octanol–water partition coefficient (Wildman–Crippen LogP) is 3.49. The van der Waals surface area contributed by atoms with E-state index in [4.69, 9.17) is 13.6 Å². The third kappa shape index (κ3) is 4.37. The van der Waals surface area contributed by atoms with E-state index in [0.717, 1.165) is 0 Å². The van der Waals surface area contributed by atoms with Crippen molar-refractivity contribution in [3.8, 4) is 0 Å². The van der Waals surface area contributed by atoms with Crippen LogP contribution >= 0.6 is 7.59 Å². The average molecular weight is 433 g/mol. The number of nitrogens with zero attached hydrogens (tertiary/aromatic N) is 1. The van der Waals surface area contributed by atoms with Gasteiger partial charge in [-0.2, -0.15) is 0 Å². The van der Waals surface area contributed by atoms with Gasteiger partial charge in [-0.3, -0.25) is 0 Å². The van der Waals surface area contributed by atoms with Crippen molar-refractivity contribution in [3.05, 3.63) is 0 Å². The van der Waals surface area contributed by atoms with Crippen molar-refractivity contribution < 1.29 is 28.0 Å². The Labute approximate surface area is 173 Å². The van der Waals surface area contributed by atoms with Crippen LogP contribution in [0.2, 0.25) is 0 Å². The van der Waals surface area contributed by atoms with Gasteiger partial charge >= 0.3 is 173 Å². The minimum atomic E-state index is -4.74. The third-order valence-corrected chi connectivity index (χ3v) is 8.69. The van der Waals surface area contributed by atoms with Crippen molar-refractivity contribution in [1.82, 2.24) is 15.1 Å². The summed E-state index contributed by atoms with van der Waals surface area (Å²) in [5.41, 5.74) is 0. The van der Waals surface area contributed by atoms with Crippen molar-refractivity contribution >= 4 is 25.6 Å². The SMILES string of the molecule is CCC(C)C1NP2(OC(=O)N(C(C)C)C(C)C)(NC(C(C)CC)C(=O)O2)OC1=O. The molecule has 0 aromatic carbocycles. The first-order chi connectivity index (χ1) is 13.4. The summed E-state index contributed by atoms with van der Waals surface area (Å²) in [6.45, 7) is 15.1. The molecule has 2 aliphatic heterocycles. The van der Waals surface area contributed by atoms with Gasteiger partial charge in [-0.05, 0) is 0 Å². The molecule has 4 atom stereocenters. The maximum absolute atomic E-state index is 13.1. The molecule has 1 amide bonds. The van der Waals surface area contributed by atoms with Crippen LogP contribution in [0.3, 0.4) is 0 Å². The fourth-order valence-electron chi connectivity index (χ4n) is 3.67. The van der Waals surface area contributed by atoms with Crippen LogP contribution in [0, 0.1) is 11.8 Å². The maximum atomic E-state index is 13.1. The minimum absolute atomic E-state index is 0.0999. The van der Waals surface area contributed by atoms with Crippen LogP contribution in [0.4, 0.5) is 4.79 Å². The van der Waals surface area contributed by atoms with E-state index in [2.05, 4.69) is 10.2 Å². The molecular formula is C19H36N3O6P. The molecular weight excluding hydrogens is 397 g/mol. The average Bonchev–Trinajstić information content (AvgIpc) is 3.06.